The normalized spacial score (nSPS) is 14.6. The summed E-state index contributed by atoms with van der Waals surface area (Å²) >= 11 is 0. The van der Waals surface area contributed by atoms with Gasteiger partial charge in [0.25, 0.3) is 0 Å². The van der Waals surface area contributed by atoms with Gasteiger partial charge in [0.1, 0.15) is 5.25 Å². The second-order valence-electron chi connectivity index (χ2n) is 2.91. The highest BCUT2D eigenvalue weighted by atomic mass is 32.2. The lowest BCUT2D eigenvalue weighted by molar-refractivity contribution is -0.117. The molecule has 5 heteroatoms. The van der Waals surface area contributed by atoms with Gasteiger partial charge in [0.05, 0.1) is 10.8 Å². The largest absolute Gasteiger partial charge is 0.399 e. The van der Waals surface area contributed by atoms with Crippen LogP contribution in [0.25, 0.3) is 0 Å². The van der Waals surface area contributed by atoms with Gasteiger partial charge in [-0.25, -0.2) is 0 Å². The summed E-state index contributed by atoms with van der Waals surface area (Å²) in [7, 11) is -1.42. The minimum Gasteiger partial charge on any atom is -0.399 e. The maximum absolute atomic E-state index is 11.7. The van der Waals surface area contributed by atoms with E-state index in [2.05, 4.69) is 0 Å². The number of primary amides is 1. The molecule has 2 unspecified atom stereocenters. The third-order valence-electron chi connectivity index (χ3n) is 1.81. The van der Waals surface area contributed by atoms with Crippen LogP contribution in [0.3, 0.4) is 0 Å². The molecule has 1 aromatic carbocycles. The zero-order valence-electron chi connectivity index (χ0n) is 7.77. The average molecular weight is 212 g/mol. The lowest BCUT2D eigenvalue weighted by Crippen LogP contribution is -2.29. The summed E-state index contributed by atoms with van der Waals surface area (Å²) in [6.07, 6.45) is 0. The summed E-state index contributed by atoms with van der Waals surface area (Å²) in [4.78, 5) is 11.3. The van der Waals surface area contributed by atoms with E-state index < -0.39 is 22.0 Å². The summed E-state index contributed by atoms with van der Waals surface area (Å²) in [6, 6.07) is 6.62. The SMILES string of the molecule is CC(C(N)=O)S(=O)c1cccc(N)c1. The number of benzene rings is 1. The molecule has 0 radical (unpaired) electrons. The zero-order valence-corrected chi connectivity index (χ0v) is 8.58. The number of hydrogen-bond donors (Lipinski definition) is 2. The smallest absolute Gasteiger partial charge is 0.233 e. The van der Waals surface area contributed by atoms with Crippen LogP contribution in [-0.4, -0.2) is 15.4 Å². The van der Waals surface area contributed by atoms with Gasteiger partial charge in [-0.1, -0.05) is 6.07 Å². The molecule has 4 N–H and O–H groups in total. The Balaban J connectivity index is 2.95. The fourth-order valence-electron chi connectivity index (χ4n) is 0.949. The molecular weight excluding hydrogens is 200 g/mol. The van der Waals surface area contributed by atoms with Crippen LogP contribution in [-0.2, 0) is 15.6 Å². The van der Waals surface area contributed by atoms with Crippen molar-refractivity contribution in [1.82, 2.24) is 0 Å². The number of anilines is 1. The van der Waals surface area contributed by atoms with Crippen LogP contribution in [0.15, 0.2) is 29.2 Å². The molecule has 0 aromatic heterocycles. The Bertz CT molecular complexity index is 379. The van der Waals surface area contributed by atoms with E-state index in [-0.39, 0.29) is 0 Å². The van der Waals surface area contributed by atoms with Crippen LogP contribution in [0.1, 0.15) is 6.92 Å². The molecule has 0 fully saturated rings. The van der Waals surface area contributed by atoms with Gasteiger partial charge in [0.2, 0.25) is 5.91 Å². The van der Waals surface area contributed by atoms with Gasteiger partial charge in [-0.3, -0.25) is 9.00 Å². The third kappa shape index (κ3) is 2.32. The molecular formula is C9H12N2O2S. The van der Waals surface area contributed by atoms with E-state index >= 15 is 0 Å². The first-order valence-electron chi connectivity index (χ1n) is 4.08. The number of nitrogens with two attached hydrogens (primary N) is 2. The standard InChI is InChI=1S/C9H12N2O2S/c1-6(9(11)12)14(13)8-4-2-3-7(10)5-8/h2-6H,10H2,1H3,(H2,11,12). The number of carbonyl (C=O) groups is 1. The van der Waals surface area contributed by atoms with Crippen LogP contribution in [0.5, 0.6) is 0 Å². The molecule has 1 amide bonds. The van der Waals surface area contributed by atoms with Crippen LogP contribution in [0.2, 0.25) is 0 Å². The minimum atomic E-state index is -1.42. The molecule has 0 saturated carbocycles. The molecule has 0 saturated heterocycles. The lowest BCUT2D eigenvalue weighted by Gasteiger charge is -2.07. The van der Waals surface area contributed by atoms with Crippen molar-refractivity contribution in [3.8, 4) is 0 Å². The third-order valence-corrected chi connectivity index (χ3v) is 3.41. The Morgan fingerprint density at radius 1 is 1.50 bits per heavy atom. The number of rotatable bonds is 3. The molecule has 1 aromatic rings. The molecule has 0 aliphatic carbocycles. The molecule has 0 heterocycles. The van der Waals surface area contributed by atoms with Crippen molar-refractivity contribution in [3.05, 3.63) is 24.3 Å². The number of hydrogen-bond acceptors (Lipinski definition) is 3. The fourth-order valence-corrected chi connectivity index (χ4v) is 2.03. The Kier molecular flexibility index (Phi) is 3.24. The second kappa shape index (κ2) is 4.23. The van der Waals surface area contributed by atoms with Gasteiger partial charge in [-0.15, -0.1) is 0 Å². The summed E-state index contributed by atoms with van der Waals surface area (Å²) in [5, 5.41) is -0.697. The summed E-state index contributed by atoms with van der Waals surface area (Å²) in [5.74, 6) is -0.578. The van der Waals surface area contributed by atoms with Crippen molar-refractivity contribution in [1.29, 1.82) is 0 Å². The van der Waals surface area contributed by atoms with Gasteiger partial charge in [-0.2, -0.15) is 0 Å². The van der Waals surface area contributed by atoms with Crippen molar-refractivity contribution < 1.29 is 9.00 Å². The summed E-state index contributed by atoms with van der Waals surface area (Å²) in [6.45, 7) is 1.53. The Hall–Kier alpha value is -1.36. The maximum atomic E-state index is 11.7. The van der Waals surface area contributed by atoms with E-state index in [4.69, 9.17) is 11.5 Å². The molecule has 2 atom stereocenters. The van der Waals surface area contributed by atoms with Gasteiger partial charge >= 0.3 is 0 Å². The zero-order chi connectivity index (χ0) is 10.7. The molecule has 14 heavy (non-hydrogen) atoms. The number of amides is 1. The predicted octanol–water partition coefficient (Wildman–Crippen LogP) is 0.250. The fraction of sp³-hybridized carbons (Fsp3) is 0.222. The molecule has 0 aliphatic rings. The van der Waals surface area contributed by atoms with Crippen molar-refractivity contribution in [2.75, 3.05) is 5.73 Å². The molecule has 1 rings (SSSR count). The van der Waals surface area contributed by atoms with Crippen molar-refractivity contribution in [2.24, 2.45) is 5.73 Å². The first-order valence-corrected chi connectivity index (χ1v) is 5.29. The topological polar surface area (TPSA) is 86.2 Å². The number of carbonyl (C=O) groups excluding carboxylic acids is 1. The van der Waals surface area contributed by atoms with Crippen LogP contribution >= 0.6 is 0 Å². The van der Waals surface area contributed by atoms with Gasteiger partial charge in [0, 0.05) is 10.6 Å². The highest BCUT2D eigenvalue weighted by Crippen LogP contribution is 2.14. The highest BCUT2D eigenvalue weighted by Gasteiger charge is 2.18. The molecule has 4 nitrogen and oxygen atoms in total. The first-order chi connectivity index (χ1) is 6.52. The number of nitrogen functional groups attached to an aromatic ring is 1. The van der Waals surface area contributed by atoms with E-state index in [0.717, 1.165) is 0 Å². The Morgan fingerprint density at radius 3 is 2.64 bits per heavy atom. The van der Waals surface area contributed by atoms with E-state index in [1.165, 1.54) is 6.92 Å². The molecule has 0 aliphatic heterocycles. The van der Waals surface area contributed by atoms with Gasteiger partial charge in [-0.05, 0) is 25.1 Å². The van der Waals surface area contributed by atoms with Crippen LogP contribution < -0.4 is 11.5 Å². The highest BCUT2D eigenvalue weighted by molar-refractivity contribution is 7.86. The average Bonchev–Trinajstić information content (AvgIpc) is 2.15. The Labute approximate surface area is 84.7 Å². The van der Waals surface area contributed by atoms with E-state index in [9.17, 15) is 9.00 Å². The van der Waals surface area contributed by atoms with Crippen molar-refractivity contribution >= 4 is 22.4 Å². The van der Waals surface area contributed by atoms with E-state index in [0.29, 0.717) is 10.6 Å². The quantitative estimate of drug-likeness (QED) is 0.704. The maximum Gasteiger partial charge on any atom is 0.233 e. The second-order valence-corrected chi connectivity index (χ2v) is 4.69. The molecule has 76 valence electrons. The summed E-state index contributed by atoms with van der Waals surface area (Å²) in [5.41, 5.74) is 11.1. The van der Waals surface area contributed by atoms with Crippen LogP contribution in [0, 0.1) is 0 Å². The molecule has 0 bridgehead atoms. The predicted molar refractivity (Wildman–Crippen MR) is 55.9 cm³/mol. The van der Waals surface area contributed by atoms with Crippen LogP contribution in [0.4, 0.5) is 5.69 Å². The molecule has 0 spiro atoms. The Morgan fingerprint density at radius 2 is 2.14 bits per heavy atom. The van der Waals surface area contributed by atoms with E-state index in [1.807, 2.05) is 0 Å². The van der Waals surface area contributed by atoms with Gasteiger partial charge in [0.15, 0.2) is 0 Å². The van der Waals surface area contributed by atoms with Crippen molar-refractivity contribution in [2.45, 2.75) is 17.1 Å². The van der Waals surface area contributed by atoms with Gasteiger partial charge < -0.3 is 11.5 Å². The summed E-state index contributed by atoms with van der Waals surface area (Å²) < 4.78 is 11.7. The van der Waals surface area contributed by atoms with E-state index in [1.54, 1.807) is 24.3 Å². The minimum absolute atomic E-state index is 0.521. The lowest BCUT2D eigenvalue weighted by atomic mass is 10.3. The monoisotopic (exact) mass is 212 g/mol. The van der Waals surface area contributed by atoms with Crippen molar-refractivity contribution in [3.63, 3.8) is 0 Å². The first kappa shape index (κ1) is 10.7.